The SMILES string of the molecule is CCC.CCC1=Cc2c(ccc3c2CC(CC)(CC)C3)C1[Si]1(C2C(CC)=Cc3c2ccc2c3CC(CC)(CC)C2)CCCC1.CCC1CC2C3=C(C=CC2C1[Si]1(C2C(CC)CC4C5=C(C=CC42)CC(CC)(CC)C5)CCCC1)CC(CC)(CC)C3. The molecule has 2 aromatic carbocycles. The highest BCUT2D eigenvalue weighted by Crippen LogP contribution is 2.72. The first-order valence-corrected chi connectivity index (χ1v) is 42.9. The molecule has 4 fully saturated rings. The van der Waals surface area contributed by atoms with Crippen LogP contribution in [0.25, 0.3) is 12.2 Å². The van der Waals surface area contributed by atoms with Crippen LogP contribution in [0.4, 0.5) is 0 Å². The topological polar surface area (TPSA) is 0 Å². The summed E-state index contributed by atoms with van der Waals surface area (Å²) in [5.41, 5.74) is 30.6. The molecule has 2 saturated heterocycles. The van der Waals surface area contributed by atoms with Gasteiger partial charge in [0.25, 0.3) is 0 Å². The summed E-state index contributed by atoms with van der Waals surface area (Å²) in [6.45, 7) is 34.0. The fourth-order valence-electron chi connectivity index (χ4n) is 24.3. The molecule has 2 heterocycles. The van der Waals surface area contributed by atoms with E-state index < -0.39 is 16.1 Å². The summed E-state index contributed by atoms with van der Waals surface area (Å²) < 4.78 is 0. The average molecular weight is 1180 g/mol. The van der Waals surface area contributed by atoms with E-state index in [9.17, 15) is 0 Å². The van der Waals surface area contributed by atoms with Crippen molar-refractivity contribution in [1.82, 2.24) is 0 Å². The minimum atomic E-state index is -1.74. The predicted octanol–water partition coefficient (Wildman–Crippen LogP) is 24.9. The van der Waals surface area contributed by atoms with Gasteiger partial charge in [-0.15, -0.1) is 0 Å². The molecule has 10 atom stereocenters. The second kappa shape index (κ2) is 24.5. The zero-order valence-electron chi connectivity index (χ0n) is 57.5. The number of fused-ring (bicyclic) bond motifs is 10. The van der Waals surface area contributed by atoms with Gasteiger partial charge in [0.15, 0.2) is 0 Å². The Kier molecular flexibility index (Phi) is 18.0. The van der Waals surface area contributed by atoms with E-state index >= 15 is 0 Å². The van der Waals surface area contributed by atoms with Gasteiger partial charge in [-0.2, -0.15) is 0 Å². The van der Waals surface area contributed by atoms with E-state index in [-0.39, 0.29) is 0 Å². The molecule has 0 amide bonds. The van der Waals surface area contributed by atoms with Crippen LogP contribution < -0.4 is 0 Å². The van der Waals surface area contributed by atoms with Crippen molar-refractivity contribution in [3.63, 3.8) is 0 Å². The zero-order chi connectivity index (χ0) is 59.8. The van der Waals surface area contributed by atoms with E-state index in [4.69, 9.17) is 0 Å². The van der Waals surface area contributed by atoms with E-state index in [1.807, 2.05) is 11.1 Å². The third-order valence-corrected chi connectivity index (χ3v) is 42.7. The Morgan fingerprint density at radius 3 is 1.11 bits per heavy atom. The van der Waals surface area contributed by atoms with Crippen LogP contribution in [0.2, 0.25) is 35.3 Å². The summed E-state index contributed by atoms with van der Waals surface area (Å²) in [5.74, 6) is 5.53. The fraction of sp³-hybridized carbons (Fsp3) is 0.711. The van der Waals surface area contributed by atoms with Gasteiger partial charge in [-0.3, -0.25) is 0 Å². The summed E-state index contributed by atoms with van der Waals surface area (Å²) in [5, 5.41) is 0. The number of rotatable bonds is 16. The van der Waals surface area contributed by atoms with Crippen LogP contribution >= 0.6 is 0 Å². The molecule has 0 bridgehead atoms. The van der Waals surface area contributed by atoms with Gasteiger partial charge in [0.1, 0.15) is 0 Å². The molecule has 0 N–H and O–H groups in total. The molecule has 0 aromatic heterocycles. The third-order valence-electron chi connectivity index (χ3n) is 29.6. The molecule has 2 aromatic rings. The summed E-state index contributed by atoms with van der Waals surface area (Å²) in [4.78, 5) is 0. The molecule has 12 aliphatic rings. The monoisotopic (exact) mass is 1180 g/mol. The lowest BCUT2D eigenvalue weighted by Crippen LogP contribution is -2.49. The minimum absolute atomic E-state index is 0.493. The molecule has 0 radical (unpaired) electrons. The summed E-state index contributed by atoms with van der Waals surface area (Å²) in [6, 6.07) is 16.9. The largest absolute Gasteiger partial charge is 0.0805 e. The van der Waals surface area contributed by atoms with E-state index in [1.54, 1.807) is 91.7 Å². The summed E-state index contributed by atoms with van der Waals surface area (Å²) in [7, 11) is -3.23. The van der Waals surface area contributed by atoms with Crippen LogP contribution in [0.3, 0.4) is 0 Å². The van der Waals surface area contributed by atoms with Gasteiger partial charge < -0.3 is 0 Å². The standard InChI is InChI=1S/C40H62Si.C40H54Si.C3H8/c2*1-7-27-21-33-31(17-15-29-23-39(9-3,10-4)25-35(29)33)37(27)41(19-13-14-20-41)38-28(8-2)22-34-32(38)18-16-30-24-40(11-5,12-6)26-36(30)34;1-3-2/h15-18,27-28,31-34,37-38H,7-14,19-26H2,1-6H3;15-18,21-22,37-38H,7-14,19-20,23-26H2,1-6H3;3H2,1-2H3. The number of hydrogen-bond acceptors (Lipinski definition) is 0. The molecule has 10 unspecified atom stereocenters. The van der Waals surface area contributed by atoms with Gasteiger partial charge in [-0.1, -0.05) is 249 Å². The Morgan fingerprint density at radius 1 is 0.412 bits per heavy atom. The van der Waals surface area contributed by atoms with Crippen LogP contribution in [0.1, 0.15) is 300 Å². The lowest BCUT2D eigenvalue weighted by Gasteiger charge is -2.49. The van der Waals surface area contributed by atoms with Crippen LogP contribution in [-0.2, 0) is 25.7 Å². The average Bonchev–Trinajstić information content (AvgIpc) is 1.63. The van der Waals surface area contributed by atoms with Crippen molar-refractivity contribution in [3.05, 3.63) is 127 Å². The maximum Gasteiger partial charge on any atom is 0.0782 e. The smallest absolute Gasteiger partial charge is 0.0782 e. The molecule has 14 rings (SSSR count). The maximum absolute atomic E-state index is 2.86. The quantitative estimate of drug-likeness (QED) is 0.147. The second-order valence-corrected chi connectivity index (χ2v) is 41.7. The molecule has 2 heteroatoms. The van der Waals surface area contributed by atoms with Crippen LogP contribution in [0.15, 0.2) is 82.0 Å². The lowest BCUT2D eigenvalue weighted by atomic mass is 9.77. The van der Waals surface area contributed by atoms with Gasteiger partial charge in [0.2, 0.25) is 0 Å². The summed E-state index contributed by atoms with van der Waals surface area (Å²) >= 11 is 0. The molecular formula is C83H124Si2. The van der Waals surface area contributed by atoms with Gasteiger partial charge >= 0.3 is 0 Å². The van der Waals surface area contributed by atoms with Crippen LogP contribution in [0, 0.1) is 57.2 Å². The first kappa shape index (κ1) is 62.5. The van der Waals surface area contributed by atoms with E-state index in [1.165, 1.54) is 173 Å². The molecule has 464 valence electrons. The van der Waals surface area contributed by atoms with Crippen molar-refractivity contribution in [3.8, 4) is 0 Å². The van der Waals surface area contributed by atoms with Crippen LogP contribution in [0.5, 0.6) is 0 Å². The Hall–Kier alpha value is -2.69. The first-order chi connectivity index (χ1) is 41.2. The molecular weight excluding hydrogens is 1050 g/mol. The van der Waals surface area contributed by atoms with Crippen molar-refractivity contribution in [1.29, 1.82) is 0 Å². The number of allylic oxidation sites excluding steroid dienone is 10. The normalized spacial score (nSPS) is 32.6. The van der Waals surface area contributed by atoms with Gasteiger partial charge in [-0.05, 0) is 252 Å². The van der Waals surface area contributed by atoms with E-state index in [2.05, 4.69) is 158 Å². The second-order valence-electron chi connectivity index (χ2n) is 32.3. The Morgan fingerprint density at radius 2 is 0.765 bits per heavy atom. The van der Waals surface area contributed by atoms with Crippen molar-refractivity contribution in [2.24, 2.45) is 57.2 Å². The molecule has 2 saturated carbocycles. The lowest BCUT2D eigenvalue weighted by molar-refractivity contribution is 0.272. The highest BCUT2D eigenvalue weighted by atomic mass is 28.3. The minimum Gasteiger partial charge on any atom is -0.0805 e. The molecule has 2 aliphatic heterocycles. The van der Waals surface area contributed by atoms with Crippen LogP contribution in [-0.4, -0.2) is 16.1 Å². The van der Waals surface area contributed by atoms with Crippen molar-refractivity contribution in [2.75, 3.05) is 0 Å². The van der Waals surface area contributed by atoms with E-state index in [0.29, 0.717) is 21.7 Å². The first-order valence-electron chi connectivity index (χ1n) is 37.7. The summed E-state index contributed by atoms with van der Waals surface area (Å²) in [6.07, 6.45) is 53.8. The van der Waals surface area contributed by atoms with Gasteiger partial charge in [0, 0.05) is 11.1 Å². The van der Waals surface area contributed by atoms with Gasteiger partial charge in [-0.25, -0.2) is 0 Å². The van der Waals surface area contributed by atoms with Crippen molar-refractivity contribution in [2.45, 2.75) is 317 Å². The molecule has 0 spiro atoms. The molecule has 10 aliphatic carbocycles. The Labute approximate surface area is 525 Å². The van der Waals surface area contributed by atoms with E-state index in [0.717, 1.165) is 57.7 Å². The Balaban J connectivity index is 0.000000160. The highest BCUT2D eigenvalue weighted by molar-refractivity contribution is 6.85. The molecule has 85 heavy (non-hydrogen) atoms. The fourth-order valence-corrected chi connectivity index (χ4v) is 40.3. The third kappa shape index (κ3) is 9.90. The predicted molar refractivity (Wildman–Crippen MR) is 376 cm³/mol. The molecule has 0 nitrogen and oxygen atoms in total. The van der Waals surface area contributed by atoms with Crippen molar-refractivity contribution >= 4 is 28.3 Å². The van der Waals surface area contributed by atoms with Crippen molar-refractivity contribution < 1.29 is 0 Å². The number of hydrogen-bond donors (Lipinski definition) is 0. The Bertz CT molecular complexity index is 2780. The highest BCUT2D eigenvalue weighted by Gasteiger charge is 2.64. The zero-order valence-corrected chi connectivity index (χ0v) is 59.5. The van der Waals surface area contributed by atoms with Gasteiger partial charge in [0.05, 0.1) is 16.1 Å². The maximum atomic E-state index is 2.86. The number of benzene rings is 2.